The molecule has 28 heavy (non-hydrogen) atoms. The quantitative estimate of drug-likeness (QED) is 0.658. The molecule has 1 aromatic carbocycles. The molecule has 1 spiro atoms. The van der Waals surface area contributed by atoms with Gasteiger partial charge in [0.2, 0.25) is 5.95 Å². The number of anilines is 1. The number of amides is 1. The molecule has 3 heterocycles. The minimum atomic E-state index is -0.108. The molecule has 2 aromatic heterocycles. The number of carbonyl (C=O) groups is 1. The number of aromatic nitrogens is 3. The van der Waals surface area contributed by atoms with Crippen LogP contribution in [0.4, 0.5) is 5.95 Å². The molecule has 1 aliphatic carbocycles. The lowest BCUT2D eigenvalue weighted by Gasteiger charge is -2.40. The van der Waals surface area contributed by atoms with E-state index < -0.39 is 0 Å². The zero-order valence-corrected chi connectivity index (χ0v) is 16.5. The lowest BCUT2D eigenvalue weighted by molar-refractivity contribution is 0.0628. The number of piperidine rings is 1. The Bertz CT molecular complexity index is 1100. The van der Waals surface area contributed by atoms with Crippen molar-refractivity contribution in [2.75, 3.05) is 18.8 Å². The zero-order valence-electron chi connectivity index (χ0n) is 15.8. The molecule has 6 nitrogen and oxygen atoms in total. The van der Waals surface area contributed by atoms with E-state index in [1.807, 2.05) is 36.2 Å². The van der Waals surface area contributed by atoms with Crippen LogP contribution in [0, 0.1) is 6.92 Å². The van der Waals surface area contributed by atoms with E-state index in [0.717, 1.165) is 54.4 Å². The predicted molar refractivity (Wildman–Crippen MR) is 110 cm³/mol. The van der Waals surface area contributed by atoms with Crippen molar-refractivity contribution in [2.45, 2.75) is 38.0 Å². The van der Waals surface area contributed by atoms with Crippen molar-refractivity contribution in [1.82, 2.24) is 19.9 Å². The number of aromatic amines is 1. The molecule has 1 unspecified atom stereocenters. The van der Waals surface area contributed by atoms with E-state index in [1.165, 1.54) is 5.56 Å². The van der Waals surface area contributed by atoms with E-state index >= 15 is 0 Å². The Balaban J connectivity index is 1.49. The SMILES string of the molecule is Cc1c(C(=O)N2CCCC3(CCc4cnc(N)nc43)C2)[nH]c2ccc(Cl)cc12. The third kappa shape index (κ3) is 2.58. The summed E-state index contributed by atoms with van der Waals surface area (Å²) in [6.45, 7) is 3.40. The molecule has 3 N–H and O–H groups in total. The molecule has 0 bridgehead atoms. The van der Waals surface area contributed by atoms with Gasteiger partial charge in [0.05, 0.1) is 5.69 Å². The molecular formula is C21H22ClN5O. The van der Waals surface area contributed by atoms with Crippen molar-refractivity contribution in [3.63, 3.8) is 0 Å². The van der Waals surface area contributed by atoms with Crippen molar-refractivity contribution in [3.05, 3.63) is 51.9 Å². The Morgan fingerprint density at radius 1 is 1.36 bits per heavy atom. The molecule has 7 heteroatoms. The number of hydrogen-bond donors (Lipinski definition) is 2. The number of nitrogens with zero attached hydrogens (tertiary/aromatic N) is 3. The van der Waals surface area contributed by atoms with Crippen LogP contribution < -0.4 is 5.73 Å². The highest BCUT2D eigenvalue weighted by molar-refractivity contribution is 6.31. The van der Waals surface area contributed by atoms with Gasteiger partial charge >= 0.3 is 0 Å². The highest BCUT2D eigenvalue weighted by Gasteiger charge is 2.45. The van der Waals surface area contributed by atoms with E-state index in [-0.39, 0.29) is 11.3 Å². The summed E-state index contributed by atoms with van der Waals surface area (Å²) >= 11 is 6.14. The number of fused-ring (bicyclic) bond motifs is 3. The lowest BCUT2D eigenvalue weighted by atomic mass is 9.77. The first-order valence-electron chi connectivity index (χ1n) is 9.66. The van der Waals surface area contributed by atoms with Crippen LogP contribution in [0.15, 0.2) is 24.4 Å². The van der Waals surface area contributed by atoms with Gasteiger partial charge in [0.25, 0.3) is 5.91 Å². The summed E-state index contributed by atoms with van der Waals surface area (Å²) < 4.78 is 0. The van der Waals surface area contributed by atoms with Gasteiger partial charge in [-0.2, -0.15) is 0 Å². The molecule has 144 valence electrons. The Morgan fingerprint density at radius 3 is 3.07 bits per heavy atom. The van der Waals surface area contributed by atoms with Gasteiger partial charge < -0.3 is 15.6 Å². The first kappa shape index (κ1) is 17.5. The fourth-order valence-corrected chi connectivity index (χ4v) is 5.10. The monoisotopic (exact) mass is 395 g/mol. The molecule has 1 atom stereocenters. The molecule has 3 aromatic rings. The van der Waals surface area contributed by atoms with Crippen molar-refractivity contribution in [3.8, 4) is 0 Å². The van der Waals surface area contributed by atoms with E-state index in [0.29, 0.717) is 23.2 Å². The van der Waals surface area contributed by atoms with Crippen molar-refractivity contribution >= 4 is 34.4 Å². The number of nitrogens with two attached hydrogens (primary N) is 1. The molecule has 1 saturated heterocycles. The van der Waals surface area contributed by atoms with Crippen LogP contribution in [0.3, 0.4) is 0 Å². The number of aryl methyl sites for hydroxylation is 2. The van der Waals surface area contributed by atoms with Gasteiger partial charge in [0.1, 0.15) is 5.69 Å². The topological polar surface area (TPSA) is 87.9 Å². The summed E-state index contributed by atoms with van der Waals surface area (Å²) in [5.74, 6) is 0.353. The number of halogens is 1. The highest BCUT2D eigenvalue weighted by atomic mass is 35.5. The summed E-state index contributed by atoms with van der Waals surface area (Å²) in [6, 6.07) is 5.67. The largest absolute Gasteiger partial charge is 0.368 e. The molecule has 0 saturated carbocycles. The molecular weight excluding hydrogens is 374 g/mol. The van der Waals surface area contributed by atoms with Crippen molar-refractivity contribution in [2.24, 2.45) is 0 Å². The number of nitrogen functional groups attached to an aromatic ring is 1. The van der Waals surface area contributed by atoms with Crippen LogP contribution in [-0.2, 0) is 11.8 Å². The van der Waals surface area contributed by atoms with E-state index in [1.54, 1.807) is 0 Å². The maximum absolute atomic E-state index is 13.4. The third-order valence-electron chi connectivity index (χ3n) is 6.36. The third-order valence-corrected chi connectivity index (χ3v) is 6.59. The predicted octanol–water partition coefficient (Wildman–Crippen LogP) is 3.62. The summed E-state index contributed by atoms with van der Waals surface area (Å²) in [5, 5.41) is 1.67. The molecule has 2 aliphatic rings. The van der Waals surface area contributed by atoms with Gasteiger partial charge in [-0.3, -0.25) is 4.79 Å². The number of H-pyrrole nitrogens is 1. The zero-order chi connectivity index (χ0) is 19.5. The van der Waals surface area contributed by atoms with Gasteiger partial charge in [-0.05, 0) is 61.9 Å². The normalized spacial score (nSPS) is 21.4. The number of rotatable bonds is 1. The summed E-state index contributed by atoms with van der Waals surface area (Å²) in [4.78, 5) is 27.4. The van der Waals surface area contributed by atoms with Crippen LogP contribution >= 0.6 is 11.6 Å². The Kier molecular flexibility index (Phi) is 3.88. The standard InChI is InChI=1S/C21H22ClN5O/c1-12-15-9-14(22)3-4-16(15)25-17(12)19(28)27-8-2-6-21(11-27)7-5-13-10-24-20(23)26-18(13)21/h3-4,9-10,25H,2,5-8,11H2,1H3,(H2,23,24,26). The summed E-state index contributed by atoms with van der Waals surface area (Å²) in [7, 11) is 0. The second-order valence-electron chi connectivity index (χ2n) is 8.03. The average Bonchev–Trinajstić information content (AvgIpc) is 3.20. The number of nitrogens with one attached hydrogen (secondary N) is 1. The number of likely N-dealkylation sites (tertiary alicyclic amines) is 1. The highest BCUT2D eigenvalue weighted by Crippen LogP contribution is 2.44. The average molecular weight is 396 g/mol. The van der Waals surface area contributed by atoms with E-state index in [4.69, 9.17) is 17.3 Å². The molecule has 1 aliphatic heterocycles. The fourth-order valence-electron chi connectivity index (χ4n) is 4.93. The van der Waals surface area contributed by atoms with Gasteiger partial charge in [-0.25, -0.2) is 9.97 Å². The van der Waals surface area contributed by atoms with Crippen molar-refractivity contribution in [1.29, 1.82) is 0 Å². The van der Waals surface area contributed by atoms with Crippen LogP contribution in [-0.4, -0.2) is 38.8 Å². The second kappa shape index (κ2) is 6.21. The van der Waals surface area contributed by atoms with Crippen molar-refractivity contribution < 1.29 is 4.79 Å². The number of benzene rings is 1. The van der Waals surface area contributed by atoms with Crippen LogP contribution in [0.2, 0.25) is 5.02 Å². The van der Waals surface area contributed by atoms with Crippen LogP contribution in [0.5, 0.6) is 0 Å². The maximum atomic E-state index is 13.4. The summed E-state index contributed by atoms with van der Waals surface area (Å²) in [5.41, 5.74) is 10.5. The van der Waals surface area contributed by atoms with E-state index in [9.17, 15) is 4.79 Å². The Labute approximate surface area is 168 Å². The minimum Gasteiger partial charge on any atom is -0.368 e. The second-order valence-corrected chi connectivity index (χ2v) is 8.46. The molecule has 5 rings (SSSR count). The van der Waals surface area contributed by atoms with Gasteiger partial charge in [-0.15, -0.1) is 0 Å². The molecule has 0 radical (unpaired) electrons. The smallest absolute Gasteiger partial charge is 0.270 e. The maximum Gasteiger partial charge on any atom is 0.270 e. The Hall–Kier alpha value is -2.60. The van der Waals surface area contributed by atoms with Gasteiger partial charge in [-0.1, -0.05) is 11.6 Å². The van der Waals surface area contributed by atoms with Gasteiger partial charge in [0, 0.05) is 40.6 Å². The Morgan fingerprint density at radius 2 is 2.21 bits per heavy atom. The number of hydrogen-bond acceptors (Lipinski definition) is 4. The van der Waals surface area contributed by atoms with Crippen LogP contribution in [0.25, 0.3) is 10.9 Å². The summed E-state index contributed by atoms with van der Waals surface area (Å²) in [6.07, 6.45) is 5.77. The lowest BCUT2D eigenvalue weighted by Crippen LogP contribution is -2.48. The van der Waals surface area contributed by atoms with Crippen LogP contribution in [0.1, 0.15) is 46.6 Å². The minimum absolute atomic E-state index is 0.0411. The van der Waals surface area contributed by atoms with E-state index in [2.05, 4.69) is 15.0 Å². The molecule has 1 fully saturated rings. The first-order valence-corrected chi connectivity index (χ1v) is 10.0. The first-order chi connectivity index (χ1) is 13.5. The number of carbonyl (C=O) groups excluding carboxylic acids is 1. The molecule has 1 amide bonds. The van der Waals surface area contributed by atoms with Gasteiger partial charge in [0.15, 0.2) is 0 Å². The fraction of sp³-hybridized carbons (Fsp3) is 0.381.